The molecule has 0 aliphatic carbocycles. The lowest BCUT2D eigenvalue weighted by molar-refractivity contribution is -0.129. The summed E-state index contributed by atoms with van der Waals surface area (Å²) in [7, 11) is 0. The van der Waals surface area contributed by atoms with Gasteiger partial charge in [-0.05, 0) is 12.1 Å². The number of para-hydroxylation sites is 2. The zero-order chi connectivity index (χ0) is 15.4. The molecule has 0 atom stereocenters. The van der Waals surface area contributed by atoms with E-state index in [1.54, 1.807) is 0 Å². The molecule has 2 heterocycles. The first kappa shape index (κ1) is 15.1. The highest BCUT2D eigenvalue weighted by molar-refractivity contribution is 5.68. The smallest absolute Gasteiger partial charge is 0.293 e. The first-order chi connectivity index (χ1) is 10.8. The maximum Gasteiger partial charge on any atom is 0.293 e. The van der Waals surface area contributed by atoms with Crippen LogP contribution in [0, 0.1) is 0 Å². The number of ether oxygens (including phenoxy) is 1. The number of hydrogen-bond donors (Lipinski definition) is 1. The van der Waals surface area contributed by atoms with Crippen molar-refractivity contribution in [1.82, 2.24) is 9.80 Å². The van der Waals surface area contributed by atoms with Gasteiger partial charge in [0.1, 0.15) is 6.61 Å². The average Bonchev–Trinajstić information content (AvgIpc) is 2.49. The number of nitrogens with two attached hydrogens (primary N) is 1. The molecule has 22 heavy (non-hydrogen) atoms. The molecule has 0 radical (unpaired) electrons. The van der Waals surface area contributed by atoms with E-state index in [4.69, 9.17) is 10.5 Å². The third-order valence-electron chi connectivity index (χ3n) is 4.66. The van der Waals surface area contributed by atoms with E-state index >= 15 is 0 Å². The first-order valence-corrected chi connectivity index (χ1v) is 7.89. The van der Waals surface area contributed by atoms with Crippen LogP contribution in [0.4, 0.5) is 11.4 Å². The van der Waals surface area contributed by atoms with Gasteiger partial charge in [0.2, 0.25) is 0 Å². The molecule has 0 amide bonds. The highest BCUT2D eigenvalue weighted by Crippen LogP contribution is 2.29. The lowest BCUT2D eigenvalue weighted by Gasteiger charge is -2.49. The molecule has 0 spiro atoms. The molecule has 1 aromatic carbocycles. The van der Waals surface area contributed by atoms with Gasteiger partial charge in [-0.3, -0.25) is 14.6 Å². The molecule has 1 aromatic rings. The summed E-state index contributed by atoms with van der Waals surface area (Å²) in [6.45, 7) is 8.24. The number of nitrogens with zero attached hydrogens (tertiary/aromatic N) is 3. The standard InChI is InChI=1S/C16H24N4O2/c17-15-3-1-2-4-16(15)20-11-14(12-20)19-7-5-18(6-8-19)9-10-22-13-21/h1-4,13-14H,5-12,17H2. The Kier molecular flexibility index (Phi) is 4.80. The Balaban J connectivity index is 1.41. The van der Waals surface area contributed by atoms with Crippen molar-refractivity contribution in [1.29, 1.82) is 0 Å². The molecular weight excluding hydrogens is 280 g/mol. The van der Waals surface area contributed by atoms with E-state index in [1.165, 1.54) is 0 Å². The van der Waals surface area contributed by atoms with Crippen molar-refractivity contribution in [3.8, 4) is 0 Å². The zero-order valence-corrected chi connectivity index (χ0v) is 12.9. The number of anilines is 2. The number of hydrogen-bond acceptors (Lipinski definition) is 6. The van der Waals surface area contributed by atoms with Crippen LogP contribution >= 0.6 is 0 Å². The van der Waals surface area contributed by atoms with Crippen molar-refractivity contribution in [2.24, 2.45) is 0 Å². The number of piperazine rings is 1. The summed E-state index contributed by atoms with van der Waals surface area (Å²) in [6, 6.07) is 8.70. The number of benzene rings is 1. The van der Waals surface area contributed by atoms with Gasteiger partial charge in [0, 0.05) is 51.9 Å². The predicted octanol–water partition coefficient (Wildman–Crippen LogP) is 0.248. The summed E-state index contributed by atoms with van der Waals surface area (Å²) < 4.78 is 4.76. The fraction of sp³-hybridized carbons (Fsp3) is 0.562. The van der Waals surface area contributed by atoms with Gasteiger partial charge < -0.3 is 15.4 Å². The average molecular weight is 304 g/mol. The Morgan fingerprint density at radius 1 is 1.18 bits per heavy atom. The van der Waals surface area contributed by atoms with Crippen LogP contribution in [-0.4, -0.2) is 74.7 Å². The minimum absolute atomic E-state index is 0.494. The van der Waals surface area contributed by atoms with Crippen LogP contribution < -0.4 is 10.6 Å². The second-order valence-electron chi connectivity index (χ2n) is 5.96. The summed E-state index contributed by atoms with van der Waals surface area (Å²) in [4.78, 5) is 17.4. The van der Waals surface area contributed by atoms with Crippen LogP contribution in [0.25, 0.3) is 0 Å². The van der Waals surface area contributed by atoms with Gasteiger partial charge in [0.15, 0.2) is 0 Å². The second kappa shape index (κ2) is 6.98. The Hall–Kier alpha value is -1.79. The minimum atomic E-state index is 0.494. The van der Waals surface area contributed by atoms with E-state index in [-0.39, 0.29) is 0 Å². The summed E-state index contributed by atoms with van der Waals surface area (Å²) in [5.74, 6) is 0. The van der Waals surface area contributed by atoms with Crippen molar-refractivity contribution < 1.29 is 9.53 Å². The Morgan fingerprint density at radius 3 is 2.59 bits per heavy atom. The zero-order valence-electron chi connectivity index (χ0n) is 12.9. The molecule has 120 valence electrons. The van der Waals surface area contributed by atoms with Gasteiger partial charge in [-0.25, -0.2) is 0 Å². The van der Waals surface area contributed by atoms with Crippen LogP contribution in [0.3, 0.4) is 0 Å². The van der Waals surface area contributed by atoms with Gasteiger partial charge in [0.25, 0.3) is 6.47 Å². The molecule has 0 saturated carbocycles. The van der Waals surface area contributed by atoms with Gasteiger partial charge in [0.05, 0.1) is 11.4 Å². The molecule has 2 saturated heterocycles. The second-order valence-corrected chi connectivity index (χ2v) is 5.96. The third-order valence-corrected chi connectivity index (χ3v) is 4.66. The summed E-state index contributed by atoms with van der Waals surface area (Å²) >= 11 is 0. The fourth-order valence-electron chi connectivity index (χ4n) is 3.24. The summed E-state index contributed by atoms with van der Waals surface area (Å²) in [5.41, 5.74) is 8.05. The van der Waals surface area contributed by atoms with Crippen LogP contribution in [0.2, 0.25) is 0 Å². The lowest BCUT2D eigenvalue weighted by atomic mass is 10.0. The molecule has 2 N–H and O–H groups in total. The van der Waals surface area contributed by atoms with Crippen molar-refractivity contribution in [3.05, 3.63) is 24.3 Å². The molecule has 2 aliphatic heterocycles. The van der Waals surface area contributed by atoms with E-state index in [0.717, 1.165) is 57.2 Å². The largest absolute Gasteiger partial charge is 0.467 e. The topological polar surface area (TPSA) is 62.0 Å². The SMILES string of the molecule is Nc1ccccc1N1CC(N2CCN(CCOC=O)CC2)C1. The van der Waals surface area contributed by atoms with Gasteiger partial charge in [-0.15, -0.1) is 0 Å². The fourth-order valence-corrected chi connectivity index (χ4v) is 3.24. The van der Waals surface area contributed by atoms with Gasteiger partial charge >= 0.3 is 0 Å². The lowest BCUT2D eigenvalue weighted by Crippen LogP contribution is -2.63. The molecule has 3 rings (SSSR count). The molecule has 6 nitrogen and oxygen atoms in total. The van der Waals surface area contributed by atoms with Crippen LogP contribution in [-0.2, 0) is 9.53 Å². The van der Waals surface area contributed by atoms with E-state index in [0.29, 0.717) is 19.1 Å². The molecule has 2 fully saturated rings. The number of carbonyl (C=O) groups excluding carboxylic acids is 1. The Labute approximate surface area is 131 Å². The maximum atomic E-state index is 10.1. The quantitative estimate of drug-likeness (QED) is 0.462. The molecule has 2 aliphatic rings. The summed E-state index contributed by atoms with van der Waals surface area (Å²) in [5, 5.41) is 0. The highest BCUT2D eigenvalue weighted by Gasteiger charge is 2.34. The Bertz CT molecular complexity index is 497. The predicted molar refractivity (Wildman–Crippen MR) is 86.9 cm³/mol. The van der Waals surface area contributed by atoms with Crippen LogP contribution in [0.5, 0.6) is 0 Å². The minimum Gasteiger partial charge on any atom is -0.467 e. The number of rotatable bonds is 6. The molecule has 6 heteroatoms. The van der Waals surface area contributed by atoms with E-state index in [9.17, 15) is 4.79 Å². The van der Waals surface area contributed by atoms with Crippen molar-refractivity contribution in [3.63, 3.8) is 0 Å². The maximum absolute atomic E-state index is 10.1. The van der Waals surface area contributed by atoms with Crippen molar-refractivity contribution in [2.75, 3.05) is 63.1 Å². The van der Waals surface area contributed by atoms with Crippen molar-refractivity contribution >= 4 is 17.8 Å². The molecular formula is C16H24N4O2. The normalized spacial score (nSPS) is 20.6. The van der Waals surface area contributed by atoms with Crippen LogP contribution in [0.1, 0.15) is 0 Å². The van der Waals surface area contributed by atoms with E-state index in [2.05, 4.69) is 20.8 Å². The van der Waals surface area contributed by atoms with Gasteiger partial charge in [-0.1, -0.05) is 12.1 Å². The van der Waals surface area contributed by atoms with Crippen molar-refractivity contribution in [2.45, 2.75) is 6.04 Å². The van der Waals surface area contributed by atoms with Crippen LogP contribution in [0.15, 0.2) is 24.3 Å². The van der Waals surface area contributed by atoms with E-state index in [1.807, 2.05) is 18.2 Å². The number of nitrogen functional groups attached to an aromatic ring is 1. The van der Waals surface area contributed by atoms with E-state index < -0.39 is 0 Å². The molecule has 0 aromatic heterocycles. The molecule has 0 bridgehead atoms. The Morgan fingerprint density at radius 2 is 1.91 bits per heavy atom. The number of carbonyl (C=O) groups is 1. The third kappa shape index (κ3) is 3.34. The summed E-state index contributed by atoms with van der Waals surface area (Å²) in [6.07, 6.45) is 0. The molecule has 0 unspecified atom stereocenters. The highest BCUT2D eigenvalue weighted by atomic mass is 16.5. The first-order valence-electron chi connectivity index (χ1n) is 7.89. The monoisotopic (exact) mass is 304 g/mol. The van der Waals surface area contributed by atoms with Gasteiger partial charge in [-0.2, -0.15) is 0 Å².